The van der Waals surface area contributed by atoms with Crippen molar-refractivity contribution >= 4 is 35.1 Å². The molecule has 11 N–H and O–H groups in total. The Morgan fingerprint density at radius 2 is 1.04 bits per heavy atom. The molecule has 0 radical (unpaired) electrons. The van der Waals surface area contributed by atoms with Crippen LogP contribution in [0, 0.1) is 0 Å². The van der Waals surface area contributed by atoms with Crippen LogP contribution in [0.15, 0.2) is 34.1 Å². The largest absolute Gasteiger partial charge is 0.490 e. The van der Waals surface area contributed by atoms with Crippen molar-refractivity contribution in [3.8, 4) is 0 Å². The predicted molar refractivity (Wildman–Crippen MR) is 141 cm³/mol. The van der Waals surface area contributed by atoms with E-state index in [0.29, 0.717) is 0 Å². The number of phosphoric acid groups is 3. The number of nitrogens with zero attached hydrogens (tertiary/aromatic N) is 4. The van der Waals surface area contributed by atoms with E-state index in [0.717, 1.165) is 21.5 Å². The maximum atomic E-state index is 12.3. The SMILES string of the molecule is Nc1ccn([C@@H]2O[C@H](COP(=O)(O)OP(=O)(O)OP(=O)(O)OC[C@H]3O[C@@H](n4ccc(N)nc4=O)[C@H](O)[C@@H]3O)[C@@H](O)[C@H]2O)c(=O)n1. The summed E-state index contributed by atoms with van der Waals surface area (Å²) in [6, 6.07) is 2.35. The number of phosphoric ester groups is 2. The molecular formula is C18H27N6O18P3. The minimum absolute atomic E-state index is 0.155. The second-order valence-electron chi connectivity index (χ2n) is 9.34. The molecule has 2 aliphatic heterocycles. The minimum atomic E-state index is -5.97. The second kappa shape index (κ2) is 13.3. The van der Waals surface area contributed by atoms with E-state index in [1.165, 1.54) is 12.1 Å². The van der Waals surface area contributed by atoms with Gasteiger partial charge in [0.05, 0.1) is 13.2 Å². The van der Waals surface area contributed by atoms with Crippen LogP contribution in [0.5, 0.6) is 0 Å². The van der Waals surface area contributed by atoms with Crippen molar-refractivity contribution in [2.75, 3.05) is 24.7 Å². The third-order valence-corrected chi connectivity index (χ3v) is 10.4. The molecule has 10 atom stereocenters. The highest BCUT2D eigenvalue weighted by Crippen LogP contribution is 2.67. The number of rotatable bonds is 12. The van der Waals surface area contributed by atoms with Gasteiger partial charge in [0.25, 0.3) is 0 Å². The van der Waals surface area contributed by atoms with Gasteiger partial charge in [0.2, 0.25) is 0 Å². The molecule has 2 aliphatic rings. The summed E-state index contributed by atoms with van der Waals surface area (Å²) in [5, 5.41) is 40.8. The Morgan fingerprint density at radius 1 is 0.689 bits per heavy atom. The molecule has 2 saturated heterocycles. The molecule has 27 heteroatoms. The van der Waals surface area contributed by atoms with E-state index in [9.17, 15) is 58.4 Å². The van der Waals surface area contributed by atoms with Crippen LogP contribution in [0.4, 0.5) is 11.6 Å². The zero-order chi connectivity index (χ0) is 33.5. The summed E-state index contributed by atoms with van der Waals surface area (Å²) >= 11 is 0. The van der Waals surface area contributed by atoms with E-state index in [2.05, 4.69) is 27.6 Å². The van der Waals surface area contributed by atoms with Crippen molar-refractivity contribution in [2.24, 2.45) is 0 Å². The van der Waals surface area contributed by atoms with Crippen molar-refractivity contribution in [1.29, 1.82) is 0 Å². The van der Waals surface area contributed by atoms with Gasteiger partial charge in [0.1, 0.15) is 48.3 Å². The van der Waals surface area contributed by atoms with Gasteiger partial charge in [-0.25, -0.2) is 23.3 Å². The Balaban J connectivity index is 1.31. The molecule has 0 bridgehead atoms. The van der Waals surface area contributed by atoms with Crippen LogP contribution in [0.2, 0.25) is 0 Å². The third kappa shape index (κ3) is 8.47. The quantitative estimate of drug-likeness (QED) is 0.0957. The first-order valence-electron chi connectivity index (χ1n) is 12.2. The molecule has 45 heavy (non-hydrogen) atoms. The molecule has 2 aromatic rings. The highest BCUT2D eigenvalue weighted by Gasteiger charge is 2.49. The van der Waals surface area contributed by atoms with Crippen LogP contribution < -0.4 is 22.8 Å². The van der Waals surface area contributed by atoms with Crippen molar-refractivity contribution in [2.45, 2.75) is 49.1 Å². The Hall–Kier alpha value is -2.47. The standard InChI is InChI=1S/C18H27N6O18P3/c19-9-1-3-23(17(29)21-9)15-13(27)11(25)7(39-15)5-37-43(31,32)41-45(35,36)42-44(33,34)38-6-8-12(26)14(28)16(40-8)24-4-2-10(20)22-18(24)30/h1-4,7-8,11-16,25-28H,5-6H2,(H,31,32)(H,33,34)(H,35,36)(H2,19,21,29)(H2,20,22,30)/t7-,8-,11-,12-,13-,14-,15-,16-/m1/s1. The molecular weight excluding hydrogens is 681 g/mol. The highest BCUT2D eigenvalue weighted by molar-refractivity contribution is 7.66. The summed E-state index contributed by atoms with van der Waals surface area (Å²) in [5.41, 5.74) is 8.82. The number of aliphatic hydroxyl groups excluding tert-OH is 4. The van der Waals surface area contributed by atoms with E-state index in [4.69, 9.17) is 20.9 Å². The van der Waals surface area contributed by atoms with Crippen LogP contribution in [-0.2, 0) is 40.8 Å². The van der Waals surface area contributed by atoms with E-state index in [1.54, 1.807) is 0 Å². The Morgan fingerprint density at radius 3 is 1.38 bits per heavy atom. The van der Waals surface area contributed by atoms with Crippen LogP contribution in [-0.4, -0.2) is 104 Å². The molecule has 2 unspecified atom stereocenters. The highest BCUT2D eigenvalue weighted by atomic mass is 31.3. The van der Waals surface area contributed by atoms with E-state index >= 15 is 0 Å². The van der Waals surface area contributed by atoms with Gasteiger partial charge in [0.15, 0.2) is 12.5 Å². The molecule has 4 heterocycles. The maximum Gasteiger partial charge on any atom is 0.490 e. The Labute approximate surface area is 249 Å². The van der Waals surface area contributed by atoms with E-state index in [-0.39, 0.29) is 11.6 Å². The number of aliphatic hydroxyl groups is 4. The lowest BCUT2D eigenvalue weighted by Crippen LogP contribution is -2.36. The van der Waals surface area contributed by atoms with Gasteiger partial charge >= 0.3 is 34.8 Å². The van der Waals surface area contributed by atoms with Gasteiger partial charge in [-0.2, -0.15) is 18.6 Å². The smallest absolute Gasteiger partial charge is 0.387 e. The summed E-state index contributed by atoms with van der Waals surface area (Å²) < 4.78 is 65.6. The van der Waals surface area contributed by atoms with Gasteiger partial charge in [-0.15, -0.1) is 0 Å². The van der Waals surface area contributed by atoms with Crippen molar-refractivity contribution in [3.63, 3.8) is 0 Å². The van der Waals surface area contributed by atoms with Crippen molar-refractivity contribution in [1.82, 2.24) is 19.1 Å². The second-order valence-corrected chi connectivity index (χ2v) is 14.0. The number of hydrogen-bond donors (Lipinski definition) is 9. The molecule has 0 aliphatic carbocycles. The number of nitrogens with two attached hydrogens (primary N) is 2. The molecule has 24 nitrogen and oxygen atoms in total. The van der Waals surface area contributed by atoms with Crippen LogP contribution in [0.25, 0.3) is 0 Å². The lowest BCUT2D eigenvalue weighted by Gasteiger charge is -2.21. The summed E-state index contributed by atoms with van der Waals surface area (Å²) in [6.07, 6.45) is -11.4. The lowest BCUT2D eigenvalue weighted by atomic mass is 10.1. The first-order chi connectivity index (χ1) is 20.8. The fourth-order valence-electron chi connectivity index (χ4n) is 4.09. The molecule has 0 aromatic carbocycles. The van der Waals surface area contributed by atoms with Crippen LogP contribution in [0.1, 0.15) is 12.5 Å². The number of hydrogen-bond acceptors (Lipinski definition) is 19. The first-order valence-corrected chi connectivity index (χ1v) is 16.7. The van der Waals surface area contributed by atoms with Gasteiger partial charge in [-0.1, -0.05) is 0 Å². The topological polar surface area (TPSA) is 370 Å². The van der Waals surface area contributed by atoms with E-state index < -0.39 is 97.1 Å². The number of anilines is 2. The van der Waals surface area contributed by atoms with Crippen LogP contribution in [0.3, 0.4) is 0 Å². The van der Waals surface area contributed by atoms with E-state index in [1.807, 2.05) is 0 Å². The zero-order valence-corrected chi connectivity index (χ0v) is 24.9. The number of aromatic nitrogens is 4. The number of ether oxygens (including phenoxy) is 2. The van der Waals surface area contributed by atoms with Gasteiger partial charge in [-0.05, 0) is 12.1 Å². The monoisotopic (exact) mass is 708 g/mol. The maximum absolute atomic E-state index is 12.3. The number of nitrogen functional groups attached to an aromatic ring is 2. The molecule has 0 saturated carbocycles. The summed E-state index contributed by atoms with van der Waals surface area (Å²) in [5.74, 6) is -0.309. The average molecular weight is 708 g/mol. The predicted octanol–water partition coefficient (Wildman–Crippen LogP) is -3.73. The van der Waals surface area contributed by atoms with Crippen LogP contribution >= 0.6 is 23.5 Å². The zero-order valence-electron chi connectivity index (χ0n) is 22.2. The first kappa shape index (κ1) is 35.4. The van der Waals surface area contributed by atoms with Crippen molar-refractivity contribution < 1.29 is 75.9 Å². The molecule has 0 amide bonds. The Kier molecular flexibility index (Phi) is 10.5. The minimum Gasteiger partial charge on any atom is -0.387 e. The van der Waals surface area contributed by atoms with Crippen molar-refractivity contribution in [3.05, 3.63) is 45.5 Å². The van der Waals surface area contributed by atoms with Gasteiger partial charge < -0.3 is 56.0 Å². The van der Waals surface area contributed by atoms with Gasteiger partial charge in [-0.3, -0.25) is 18.2 Å². The average Bonchev–Trinajstić information content (AvgIpc) is 3.35. The third-order valence-electron chi connectivity index (χ3n) is 6.14. The molecule has 4 rings (SSSR count). The molecule has 252 valence electrons. The molecule has 0 spiro atoms. The fraction of sp³-hybridized carbons (Fsp3) is 0.556. The lowest BCUT2D eigenvalue weighted by molar-refractivity contribution is -0.0548. The summed E-state index contributed by atoms with van der Waals surface area (Å²) in [7, 11) is -17.3. The Bertz CT molecular complexity index is 1540. The molecule has 2 fully saturated rings. The summed E-state index contributed by atoms with van der Waals surface area (Å²) in [6.45, 7) is -2.19. The molecule has 2 aromatic heterocycles. The fourth-order valence-corrected chi connectivity index (χ4v) is 7.61. The van der Waals surface area contributed by atoms with Gasteiger partial charge in [0, 0.05) is 12.4 Å². The summed E-state index contributed by atoms with van der Waals surface area (Å²) in [4.78, 5) is 60.3. The normalized spacial score (nSPS) is 32.5.